The quantitative estimate of drug-likeness (QED) is 0.575. The summed E-state index contributed by atoms with van der Waals surface area (Å²) in [5.74, 6) is -0.163. The largest absolute Gasteiger partial charge is 0.324 e. The molecule has 29 heavy (non-hydrogen) atoms. The number of fused-ring (bicyclic) bond motifs is 1. The second kappa shape index (κ2) is 9.08. The number of nitrogens with zero attached hydrogens (tertiary/aromatic N) is 1. The van der Waals surface area contributed by atoms with Gasteiger partial charge in [-0.25, -0.2) is 0 Å². The Bertz CT molecular complexity index is 1060. The lowest BCUT2D eigenvalue weighted by Crippen LogP contribution is -2.33. The molecule has 1 amide bonds. The van der Waals surface area contributed by atoms with E-state index in [-0.39, 0.29) is 11.5 Å². The molecule has 4 heteroatoms. The van der Waals surface area contributed by atoms with Crippen LogP contribution in [0, 0.1) is 13.8 Å². The summed E-state index contributed by atoms with van der Waals surface area (Å²) in [6.45, 7) is 8.04. The van der Waals surface area contributed by atoms with Crippen LogP contribution in [0.15, 0.2) is 53.3 Å². The molecule has 4 nitrogen and oxygen atoms in total. The summed E-state index contributed by atoms with van der Waals surface area (Å²) in [5.41, 5.74) is 4.66. The van der Waals surface area contributed by atoms with Crippen LogP contribution in [0.3, 0.4) is 0 Å². The molecule has 2 aromatic carbocycles. The van der Waals surface area contributed by atoms with Crippen molar-refractivity contribution in [2.75, 3.05) is 5.32 Å². The van der Waals surface area contributed by atoms with Crippen molar-refractivity contribution in [1.82, 2.24) is 4.57 Å². The maximum absolute atomic E-state index is 13.1. The minimum Gasteiger partial charge on any atom is -0.324 e. The Balaban J connectivity index is 1.94. The fourth-order valence-electron chi connectivity index (χ4n) is 3.90. The molecule has 0 radical (unpaired) electrons. The summed E-state index contributed by atoms with van der Waals surface area (Å²) in [4.78, 5) is 26.0. The Kier molecular flexibility index (Phi) is 6.53. The summed E-state index contributed by atoms with van der Waals surface area (Å²) in [6, 6.07) is 15.0. The molecule has 0 aliphatic heterocycles. The number of amides is 1. The van der Waals surface area contributed by atoms with Gasteiger partial charge in [0.05, 0.1) is 5.52 Å². The Morgan fingerprint density at radius 2 is 1.76 bits per heavy atom. The highest BCUT2D eigenvalue weighted by Crippen LogP contribution is 2.25. The van der Waals surface area contributed by atoms with Crippen molar-refractivity contribution in [2.24, 2.45) is 0 Å². The maximum atomic E-state index is 13.1. The first-order valence-corrected chi connectivity index (χ1v) is 10.5. The average molecular weight is 391 g/mol. The molecule has 0 aliphatic rings. The van der Waals surface area contributed by atoms with Crippen molar-refractivity contribution in [1.29, 1.82) is 0 Å². The van der Waals surface area contributed by atoms with Crippen molar-refractivity contribution in [3.05, 3.63) is 75.6 Å². The number of unbranched alkanes of at least 4 members (excludes halogenated alkanes) is 1. The lowest BCUT2D eigenvalue weighted by molar-refractivity contribution is -0.119. The monoisotopic (exact) mass is 390 g/mol. The van der Waals surface area contributed by atoms with E-state index in [0.29, 0.717) is 6.42 Å². The van der Waals surface area contributed by atoms with Gasteiger partial charge in [0.25, 0.3) is 5.56 Å². The van der Waals surface area contributed by atoms with Crippen molar-refractivity contribution in [2.45, 2.75) is 59.4 Å². The minimum atomic E-state index is -0.563. The highest BCUT2D eigenvalue weighted by molar-refractivity contribution is 5.95. The number of hydrogen-bond donors (Lipinski definition) is 1. The maximum Gasteiger partial charge on any atom is 0.252 e. The van der Waals surface area contributed by atoms with Crippen molar-refractivity contribution < 1.29 is 4.79 Å². The van der Waals surface area contributed by atoms with E-state index >= 15 is 0 Å². The van der Waals surface area contributed by atoms with Crippen LogP contribution in [-0.4, -0.2) is 10.5 Å². The number of carbonyl (C=O) groups is 1. The molecular weight excluding hydrogens is 360 g/mol. The number of nitrogens with one attached hydrogen (secondary N) is 1. The van der Waals surface area contributed by atoms with E-state index in [0.717, 1.165) is 47.0 Å². The molecule has 1 aromatic heterocycles. The molecule has 3 rings (SSSR count). The Hall–Kier alpha value is -2.88. The molecule has 0 bridgehead atoms. The number of pyridine rings is 1. The third-order valence-corrected chi connectivity index (χ3v) is 5.52. The van der Waals surface area contributed by atoms with Gasteiger partial charge in [0.2, 0.25) is 5.91 Å². The summed E-state index contributed by atoms with van der Waals surface area (Å²) in [7, 11) is 0. The number of aryl methyl sites for hydroxylation is 3. The summed E-state index contributed by atoms with van der Waals surface area (Å²) in [5, 5.41) is 4.01. The van der Waals surface area contributed by atoms with Crippen molar-refractivity contribution in [3.8, 4) is 0 Å². The molecule has 1 heterocycles. The van der Waals surface area contributed by atoms with E-state index in [1.54, 1.807) is 10.6 Å². The highest BCUT2D eigenvalue weighted by atomic mass is 16.2. The predicted octanol–water partition coefficient (Wildman–Crippen LogP) is 5.55. The first-order chi connectivity index (χ1) is 14.0. The van der Waals surface area contributed by atoms with Crippen LogP contribution >= 0.6 is 0 Å². The zero-order valence-electron chi connectivity index (χ0n) is 17.8. The van der Waals surface area contributed by atoms with E-state index in [2.05, 4.69) is 24.4 Å². The van der Waals surface area contributed by atoms with Gasteiger partial charge in [-0.1, -0.05) is 50.6 Å². The second-order valence-electron chi connectivity index (χ2n) is 7.72. The fourth-order valence-corrected chi connectivity index (χ4v) is 3.90. The number of carbonyl (C=O) groups excluding carboxylic acids is 1. The van der Waals surface area contributed by atoms with Crippen LogP contribution in [0.25, 0.3) is 10.9 Å². The normalized spacial score (nSPS) is 12.1. The van der Waals surface area contributed by atoms with Gasteiger partial charge in [-0.2, -0.15) is 0 Å². The van der Waals surface area contributed by atoms with Gasteiger partial charge in [-0.05, 0) is 61.9 Å². The van der Waals surface area contributed by atoms with Crippen LogP contribution in [0.2, 0.25) is 0 Å². The molecule has 152 valence electrons. The van der Waals surface area contributed by atoms with Gasteiger partial charge in [0.1, 0.15) is 6.04 Å². The third kappa shape index (κ3) is 4.42. The average Bonchev–Trinajstić information content (AvgIpc) is 2.70. The van der Waals surface area contributed by atoms with Gasteiger partial charge in [-0.15, -0.1) is 0 Å². The third-order valence-electron chi connectivity index (χ3n) is 5.52. The zero-order chi connectivity index (χ0) is 21.0. The van der Waals surface area contributed by atoms with Gasteiger partial charge < -0.3 is 5.32 Å². The molecular formula is C25H30N2O2. The first kappa shape index (κ1) is 20.8. The summed E-state index contributed by atoms with van der Waals surface area (Å²) >= 11 is 0. The molecule has 3 aromatic rings. The molecule has 0 aliphatic carbocycles. The van der Waals surface area contributed by atoms with Gasteiger partial charge in [0, 0.05) is 17.1 Å². The van der Waals surface area contributed by atoms with E-state index < -0.39 is 6.04 Å². The van der Waals surface area contributed by atoms with Gasteiger partial charge in [-0.3, -0.25) is 14.2 Å². The van der Waals surface area contributed by atoms with Crippen LogP contribution in [0.1, 0.15) is 55.8 Å². The fraction of sp³-hybridized carbons (Fsp3) is 0.360. The first-order valence-electron chi connectivity index (χ1n) is 10.5. The summed E-state index contributed by atoms with van der Waals surface area (Å²) in [6.07, 6.45) is 3.90. The van der Waals surface area contributed by atoms with E-state index in [1.165, 1.54) is 5.56 Å². The number of aromatic nitrogens is 1. The number of hydrogen-bond acceptors (Lipinski definition) is 2. The highest BCUT2D eigenvalue weighted by Gasteiger charge is 2.23. The predicted molar refractivity (Wildman–Crippen MR) is 121 cm³/mol. The minimum absolute atomic E-state index is 0.138. The van der Waals surface area contributed by atoms with Gasteiger partial charge in [0.15, 0.2) is 0 Å². The molecule has 0 fully saturated rings. The second-order valence-corrected chi connectivity index (χ2v) is 7.72. The number of benzene rings is 2. The summed E-state index contributed by atoms with van der Waals surface area (Å²) < 4.78 is 1.66. The van der Waals surface area contributed by atoms with Crippen molar-refractivity contribution in [3.63, 3.8) is 0 Å². The van der Waals surface area contributed by atoms with E-state index in [9.17, 15) is 9.59 Å². The topological polar surface area (TPSA) is 51.1 Å². The van der Waals surface area contributed by atoms with Gasteiger partial charge >= 0.3 is 0 Å². The van der Waals surface area contributed by atoms with E-state index in [1.807, 2.05) is 51.1 Å². The standard InChI is InChI=1S/C25H30N2O2/c1-5-7-10-19-12-14-20(15-13-19)26-25(29)22(6-2)27-23(28)16-18(4)21-11-8-9-17(3)24(21)27/h8-9,11-16,22H,5-7,10H2,1-4H3,(H,26,29). The van der Waals surface area contributed by atoms with Crippen LogP contribution in [0.4, 0.5) is 5.69 Å². The van der Waals surface area contributed by atoms with E-state index in [4.69, 9.17) is 0 Å². The molecule has 0 saturated heterocycles. The Labute approximate surface area is 172 Å². The van der Waals surface area contributed by atoms with Crippen molar-refractivity contribution >= 4 is 22.5 Å². The molecule has 0 spiro atoms. The van der Waals surface area contributed by atoms with Crippen LogP contribution < -0.4 is 10.9 Å². The Morgan fingerprint density at radius 1 is 1.03 bits per heavy atom. The smallest absolute Gasteiger partial charge is 0.252 e. The lowest BCUT2D eigenvalue weighted by Gasteiger charge is -2.22. The molecule has 1 atom stereocenters. The zero-order valence-corrected chi connectivity index (χ0v) is 17.8. The molecule has 1 N–H and O–H groups in total. The number of para-hydroxylation sites is 1. The lowest BCUT2D eigenvalue weighted by atomic mass is 10.0. The molecule has 0 saturated carbocycles. The molecule has 1 unspecified atom stereocenters. The van der Waals surface area contributed by atoms with Crippen LogP contribution in [-0.2, 0) is 11.2 Å². The Morgan fingerprint density at radius 3 is 2.41 bits per heavy atom. The number of anilines is 1. The van der Waals surface area contributed by atoms with Crippen LogP contribution in [0.5, 0.6) is 0 Å². The SMILES string of the molecule is CCCCc1ccc(NC(=O)C(CC)n2c(=O)cc(C)c3cccc(C)c32)cc1. The number of rotatable bonds is 7.